The largest absolute Gasteiger partial charge is 0.493 e. The van der Waals surface area contributed by atoms with Crippen LogP contribution in [0, 0.1) is 0 Å². The highest BCUT2D eigenvalue weighted by Gasteiger charge is 2.18. The van der Waals surface area contributed by atoms with Gasteiger partial charge in [0.1, 0.15) is 0 Å². The van der Waals surface area contributed by atoms with Crippen LogP contribution in [-0.4, -0.2) is 57.3 Å². The SMILES string of the molecule is COc1cc2cc(CN(CC[NH+](C)C)C(=O)Nc3ccccc3)c(=O)[nH]c2cc1OC. The van der Waals surface area contributed by atoms with Crippen LogP contribution in [0.2, 0.25) is 0 Å². The van der Waals surface area contributed by atoms with Gasteiger partial charge in [-0.2, -0.15) is 0 Å². The molecule has 0 saturated carbocycles. The van der Waals surface area contributed by atoms with Crippen LogP contribution in [0.3, 0.4) is 0 Å². The van der Waals surface area contributed by atoms with Crippen molar-refractivity contribution in [1.29, 1.82) is 0 Å². The summed E-state index contributed by atoms with van der Waals surface area (Å²) < 4.78 is 10.7. The monoisotopic (exact) mass is 425 g/mol. The molecule has 1 heterocycles. The van der Waals surface area contributed by atoms with Gasteiger partial charge in [0.15, 0.2) is 11.5 Å². The summed E-state index contributed by atoms with van der Waals surface area (Å²) in [6, 6.07) is 14.4. The number of methoxy groups -OCH3 is 2. The maximum atomic E-state index is 12.9. The van der Waals surface area contributed by atoms with E-state index in [1.807, 2.05) is 50.5 Å². The van der Waals surface area contributed by atoms with Gasteiger partial charge in [-0.25, -0.2) is 4.79 Å². The minimum Gasteiger partial charge on any atom is -0.493 e. The third-order valence-electron chi connectivity index (χ3n) is 4.98. The molecule has 8 nitrogen and oxygen atoms in total. The number of aromatic amines is 1. The number of ether oxygens (including phenoxy) is 2. The number of rotatable bonds is 8. The highest BCUT2D eigenvalue weighted by molar-refractivity contribution is 5.89. The quantitative estimate of drug-likeness (QED) is 0.513. The number of H-pyrrole nitrogens is 1. The first-order valence-corrected chi connectivity index (χ1v) is 10.1. The van der Waals surface area contributed by atoms with Crippen molar-refractivity contribution in [2.24, 2.45) is 0 Å². The van der Waals surface area contributed by atoms with Crippen molar-refractivity contribution in [3.05, 3.63) is 64.4 Å². The van der Waals surface area contributed by atoms with Gasteiger partial charge in [-0.1, -0.05) is 18.2 Å². The van der Waals surface area contributed by atoms with Crippen LogP contribution < -0.4 is 25.2 Å². The molecule has 0 bridgehead atoms. The van der Waals surface area contributed by atoms with Gasteiger partial charge in [0.25, 0.3) is 5.56 Å². The number of hydrogen-bond donors (Lipinski definition) is 3. The summed E-state index contributed by atoms with van der Waals surface area (Å²) in [5, 5.41) is 3.70. The molecule has 2 aromatic carbocycles. The Bertz CT molecular complexity index is 1100. The minimum absolute atomic E-state index is 0.186. The number of quaternary nitrogens is 1. The van der Waals surface area contributed by atoms with E-state index in [4.69, 9.17) is 9.47 Å². The first-order chi connectivity index (χ1) is 14.9. The van der Waals surface area contributed by atoms with E-state index in [1.54, 1.807) is 31.3 Å². The van der Waals surface area contributed by atoms with Crippen LogP contribution in [0.1, 0.15) is 5.56 Å². The Morgan fingerprint density at radius 1 is 1.06 bits per heavy atom. The zero-order chi connectivity index (χ0) is 22.4. The normalized spacial score (nSPS) is 10.9. The Kier molecular flexibility index (Phi) is 7.15. The molecule has 0 atom stereocenters. The van der Waals surface area contributed by atoms with Crippen molar-refractivity contribution in [2.75, 3.05) is 46.7 Å². The molecule has 2 amide bonds. The molecule has 8 heteroatoms. The van der Waals surface area contributed by atoms with E-state index in [-0.39, 0.29) is 18.1 Å². The maximum Gasteiger partial charge on any atom is 0.322 e. The van der Waals surface area contributed by atoms with E-state index in [0.29, 0.717) is 34.8 Å². The van der Waals surface area contributed by atoms with Crippen molar-refractivity contribution < 1.29 is 19.2 Å². The molecule has 31 heavy (non-hydrogen) atoms. The topological polar surface area (TPSA) is 88.1 Å². The average Bonchev–Trinajstić information content (AvgIpc) is 2.76. The molecule has 0 aliphatic rings. The summed E-state index contributed by atoms with van der Waals surface area (Å²) in [6.45, 7) is 1.44. The molecule has 1 aromatic heterocycles. The number of urea groups is 1. The van der Waals surface area contributed by atoms with Gasteiger partial charge in [-0.3, -0.25) is 4.79 Å². The van der Waals surface area contributed by atoms with Crippen molar-refractivity contribution in [3.63, 3.8) is 0 Å². The lowest BCUT2D eigenvalue weighted by atomic mass is 10.1. The Hall–Kier alpha value is -3.52. The summed E-state index contributed by atoms with van der Waals surface area (Å²) in [5.41, 5.74) is 1.61. The smallest absolute Gasteiger partial charge is 0.322 e. The van der Waals surface area contributed by atoms with E-state index < -0.39 is 0 Å². The Morgan fingerprint density at radius 3 is 2.39 bits per heavy atom. The number of nitrogens with zero attached hydrogens (tertiary/aromatic N) is 1. The third-order valence-corrected chi connectivity index (χ3v) is 4.98. The van der Waals surface area contributed by atoms with Crippen LogP contribution in [0.25, 0.3) is 10.9 Å². The molecule has 3 N–H and O–H groups in total. The van der Waals surface area contributed by atoms with Gasteiger partial charge in [-0.05, 0) is 24.3 Å². The lowest BCUT2D eigenvalue weighted by Gasteiger charge is -2.23. The lowest BCUT2D eigenvalue weighted by molar-refractivity contribution is -0.857. The summed E-state index contributed by atoms with van der Waals surface area (Å²) in [7, 11) is 7.16. The van der Waals surface area contributed by atoms with Gasteiger partial charge in [-0.15, -0.1) is 0 Å². The van der Waals surface area contributed by atoms with Gasteiger partial charge in [0, 0.05) is 22.7 Å². The molecule has 3 rings (SSSR count). The number of hydrogen-bond acceptors (Lipinski definition) is 4. The fraction of sp³-hybridized carbons (Fsp3) is 0.304. The predicted molar refractivity (Wildman–Crippen MR) is 121 cm³/mol. The molecule has 0 saturated heterocycles. The average molecular weight is 426 g/mol. The number of nitrogens with one attached hydrogen (secondary N) is 3. The first-order valence-electron chi connectivity index (χ1n) is 10.1. The number of anilines is 1. The van der Waals surface area contributed by atoms with E-state index in [1.165, 1.54) is 4.90 Å². The van der Waals surface area contributed by atoms with Crippen molar-refractivity contribution in [2.45, 2.75) is 6.54 Å². The molecular weight excluding hydrogens is 396 g/mol. The van der Waals surface area contributed by atoms with Crippen LogP contribution >= 0.6 is 0 Å². The Labute approximate surface area is 181 Å². The molecule has 0 fully saturated rings. The van der Waals surface area contributed by atoms with E-state index in [2.05, 4.69) is 10.3 Å². The number of para-hydroxylation sites is 1. The number of pyridine rings is 1. The zero-order valence-electron chi connectivity index (χ0n) is 18.3. The van der Waals surface area contributed by atoms with E-state index in [9.17, 15) is 9.59 Å². The second-order valence-electron chi connectivity index (χ2n) is 7.59. The Morgan fingerprint density at radius 2 is 1.74 bits per heavy atom. The highest BCUT2D eigenvalue weighted by atomic mass is 16.5. The van der Waals surface area contributed by atoms with Gasteiger partial charge < -0.3 is 29.6 Å². The Balaban J connectivity index is 1.90. The molecule has 3 aromatic rings. The summed E-state index contributed by atoms with van der Waals surface area (Å²) >= 11 is 0. The minimum atomic E-state index is -0.251. The summed E-state index contributed by atoms with van der Waals surface area (Å²) in [4.78, 5) is 31.4. The molecule has 0 aliphatic heterocycles. The van der Waals surface area contributed by atoms with Crippen molar-refractivity contribution in [3.8, 4) is 11.5 Å². The number of likely N-dealkylation sites (N-methyl/N-ethyl adjacent to an activating group) is 1. The number of amides is 2. The zero-order valence-corrected chi connectivity index (χ0v) is 18.3. The van der Waals surface area contributed by atoms with Crippen LogP contribution in [0.5, 0.6) is 11.5 Å². The second-order valence-corrected chi connectivity index (χ2v) is 7.59. The number of carbonyl (C=O) groups is 1. The molecule has 0 radical (unpaired) electrons. The van der Waals surface area contributed by atoms with Gasteiger partial charge >= 0.3 is 6.03 Å². The van der Waals surface area contributed by atoms with Crippen molar-refractivity contribution in [1.82, 2.24) is 9.88 Å². The molecular formula is C23H29N4O4+. The summed E-state index contributed by atoms with van der Waals surface area (Å²) in [6.07, 6.45) is 0. The van der Waals surface area contributed by atoms with Crippen LogP contribution in [0.4, 0.5) is 10.5 Å². The van der Waals surface area contributed by atoms with Crippen LogP contribution in [0.15, 0.2) is 53.3 Å². The third kappa shape index (κ3) is 5.55. The van der Waals surface area contributed by atoms with Crippen molar-refractivity contribution >= 4 is 22.6 Å². The van der Waals surface area contributed by atoms with Gasteiger partial charge in [0.05, 0.1) is 53.5 Å². The molecule has 164 valence electrons. The number of fused-ring (bicyclic) bond motifs is 1. The van der Waals surface area contributed by atoms with Crippen LogP contribution in [-0.2, 0) is 6.54 Å². The molecule has 0 aliphatic carbocycles. The standard InChI is InChI=1S/C23H28N4O4/c1-26(2)10-11-27(23(29)24-18-8-6-5-7-9-18)15-17-12-16-13-20(30-3)21(31-4)14-19(16)25-22(17)28/h5-9,12-14H,10-11,15H2,1-4H3,(H,24,29)(H,25,28)/p+1. The molecule has 0 spiro atoms. The van der Waals surface area contributed by atoms with Gasteiger partial charge in [0.2, 0.25) is 0 Å². The first kappa shape index (κ1) is 22.2. The fourth-order valence-corrected chi connectivity index (χ4v) is 3.24. The number of benzene rings is 2. The maximum absolute atomic E-state index is 12.9. The number of carbonyl (C=O) groups excluding carboxylic acids is 1. The molecule has 0 unspecified atom stereocenters. The second kappa shape index (κ2) is 9.99. The number of aromatic nitrogens is 1. The van der Waals surface area contributed by atoms with E-state index in [0.717, 1.165) is 11.9 Å². The predicted octanol–water partition coefficient (Wildman–Crippen LogP) is 1.72. The lowest BCUT2D eigenvalue weighted by Crippen LogP contribution is -3.06. The fourth-order valence-electron chi connectivity index (χ4n) is 3.24. The summed E-state index contributed by atoms with van der Waals surface area (Å²) in [5.74, 6) is 1.11. The highest BCUT2D eigenvalue weighted by Crippen LogP contribution is 2.31. The van der Waals surface area contributed by atoms with E-state index >= 15 is 0 Å².